The van der Waals surface area contributed by atoms with E-state index in [1.54, 1.807) is 24.3 Å². The zero-order valence-corrected chi connectivity index (χ0v) is 13.4. The van der Waals surface area contributed by atoms with Crippen LogP contribution in [0.4, 0.5) is 13.2 Å². The van der Waals surface area contributed by atoms with Crippen molar-refractivity contribution in [3.8, 4) is 11.3 Å². The van der Waals surface area contributed by atoms with Gasteiger partial charge >= 0.3 is 12.1 Å². The highest BCUT2D eigenvalue weighted by molar-refractivity contribution is 9.10. The lowest BCUT2D eigenvalue weighted by molar-refractivity contribution is -0.138. The molecule has 0 spiro atoms. The summed E-state index contributed by atoms with van der Waals surface area (Å²) in [5, 5.41) is -0.556. The third kappa shape index (κ3) is 3.41. The normalized spacial score (nSPS) is 11.4. The van der Waals surface area contributed by atoms with Crippen LogP contribution in [0.5, 0.6) is 0 Å². The van der Waals surface area contributed by atoms with Gasteiger partial charge in [0.05, 0.1) is 18.4 Å². The quantitative estimate of drug-likeness (QED) is 0.533. The zero-order valence-electron chi connectivity index (χ0n) is 11.0. The van der Waals surface area contributed by atoms with Crippen LogP contribution in [0.25, 0.3) is 11.3 Å². The molecule has 22 heavy (non-hydrogen) atoms. The molecular formula is C14H8BrClF3NO2. The molecular weight excluding hydrogens is 387 g/mol. The zero-order chi connectivity index (χ0) is 16.5. The number of esters is 1. The van der Waals surface area contributed by atoms with Gasteiger partial charge in [0, 0.05) is 10.0 Å². The molecule has 0 aliphatic rings. The highest BCUT2D eigenvalue weighted by atomic mass is 79.9. The number of nitrogens with zero attached hydrogens (tertiary/aromatic N) is 1. The van der Waals surface area contributed by atoms with Gasteiger partial charge < -0.3 is 4.74 Å². The molecule has 0 atom stereocenters. The van der Waals surface area contributed by atoms with E-state index in [1.807, 2.05) is 0 Å². The van der Waals surface area contributed by atoms with Crippen molar-refractivity contribution in [2.45, 2.75) is 6.18 Å². The van der Waals surface area contributed by atoms with Crippen LogP contribution in [-0.2, 0) is 10.9 Å². The smallest absolute Gasteiger partial charge is 0.417 e. The van der Waals surface area contributed by atoms with Crippen molar-refractivity contribution in [2.24, 2.45) is 0 Å². The maximum absolute atomic E-state index is 13.2. The van der Waals surface area contributed by atoms with E-state index in [0.717, 1.165) is 17.6 Å². The Labute approximate surface area is 137 Å². The summed E-state index contributed by atoms with van der Waals surface area (Å²) < 4.78 is 44.7. The molecule has 1 heterocycles. The first-order valence-corrected chi connectivity index (χ1v) is 7.03. The molecule has 0 aliphatic carbocycles. The van der Waals surface area contributed by atoms with Crippen molar-refractivity contribution in [2.75, 3.05) is 7.11 Å². The van der Waals surface area contributed by atoms with Crippen molar-refractivity contribution in [3.05, 3.63) is 51.1 Å². The fourth-order valence-corrected chi connectivity index (χ4v) is 2.34. The average Bonchev–Trinajstić information content (AvgIpc) is 2.45. The lowest BCUT2D eigenvalue weighted by Crippen LogP contribution is -2.16. The van der Waals surface area contributed by atoms with Crippen LogP contribution >= 0.6 is 27.5 Å². The van der Waals surface area contributed by atoms with Crippen LogP contribution in [0.2, 0.25) is 5.15 Å². The lowest BCUT2D eigenvalue weighted by atomic mass is 10.0. The van der Waals surface area contributed by atoms with E-state index < -0.39 is 28.4 Å². The monoisotopic (exact) mass is 393 g/mol. The summed E-state index contributed by atoms with van der Waals surface area (Å²) in [7, 11) is 0.974. The largest absolute Gasteiger partial charge is 0.465 e. The minimum absolute atomic E-state index is 0.0116. The maximum atomic E-state index is 13.2. The summed E-state index contributed by atoms with van der Waals surface area (Å²) >= 11 is 9.01. The second-order valence-electron chi connectivity index (χ2n) is 4.22. The van der Waals surface area contributed by atoms with Crippen LogP contribution < -0.4 is 0 Å². The molecule has 1 aromatic carbocycles. The van der Waals surface area contributed by atoms with Gasteiger partial charge in [-0.3, -0.25) is 0 Å². The van der Waals surface area contributed by atoms with Crippen LogP contribution in [0.1, 0.15) is 15.9 Å². The number of carbonyl (C=O) groups excluding carboxylic acids is 1. The van der Waals surface area contributed by atoms with Gasteiger partial charge in [0.1, 0.15) is 10.7 Å². The Morgan fingerprint density at radius 1 is 1.27 bits per heavy atom. The van der Waals surface area contributed by atoms with Gasteiger partial charge in [0.2, 0.25) is 0 Å². The number of halogens is 5. The molecule has 116 valence electrons. The SMILES string of the molecule is COC(=O)c1c(C(F)(F)F)cc(-c2ccc(Br)cc2)nc1Cl. The van der Waals surface area contributed by atoms with E-state index in [0.29, 0.717) is 5.56 Å². The number of pyridine rings is 1. The molecule has 8 heteroatoms. The Hall–Kier alpha value is -1.60. The Morgan fingerprint density at radius 3 is 2.36 bits per heavy atom. The molecule has 0 saturated heterocycles. The summed E-state index contributed by atoms with van der Waals surface area (Å²) in [5.41, 5.74) is -1.53. The molecule has 0 radical (unpaired) electrons. The molecule has 0 bridgehead atoms. The number of hydrogen-bond donors (Lipinski definition) is 0. The van der Waals surface area contributed by atoms with Crippen LogP contribution in [0.15, 0.2) is 34.8 Å². The molecule has 2 aromatic rings. The van der Waals surface area contributed by atoms with Gasteiger partial charge in [-0.05, 0) is 18.2 Å². The van der Waals surface area contributed by atoms with E-state index in [4.69, 9.17) is 11.6 Å². The topological polar surface area (TPSA) is 39.2 Å². The first-order valence-electron chi connectivity index (χ1n) is 5.86. The van der Waals surface area contributed by atoms with Crippen molar-refractivity contribution < 1.29 is 22.7 Å². The molecule has 2 rings (SSSR count). The number of hydrogen-bond acceptors (Lipinski definition) is 3. The van der Waals surface area contributed by atoms with Crippen molar-refractivity contribution >= 4 is 33.5 Å². The summed E-state index contributed by atoms with van der Waals surface area (Å²) in [4.78, 5) is 15.4. The Morgan fingerprint density at radius 2 is 1.86 bits per heavy atom. The Balaban J connectivity index is 2.68. The Kier molecular flexibility index (Phi) is 4.77. The van der Waals surface area contributed by atoms with Gasteiger partial charge in [-0.15, -0.1) is 0 Å². The summed E-state index contributed by atoms with van der Waals surface area (Å²) in [5.74, 6) is -1.19. The van der Waals surface area contributed by atoms with Gasteiger partial charge in [-0.25, -0.2) is 9.78 Å². The highest BCUT2D eigenvalue weighted by Crippen LogP contribution is 2.37. The minimum Gasteiger partial charge on any atom is -0.465 e. The summed E-state index contributed by atoms with van der Waals surface area (Å²) in [6.07, 6.45) is -4.76. The average molecular weight is 395 g/mol. The molecule has 0 N–H and O–H groups in total. The fraction of sp³-hybridized carbons (Fsp3) is 0.143. The van der Waals surface area contributed by atoms with E-state index in [9.17, 15) is 18.0 Å². The first kappa shape index (κ1) is 16.8. The predicted octanol–water partition coefficient (Wildman–Crippen LogP) is 4.97. The number of alkyl halides is 3. The number of carbonyl (C=O) groups is 1. The highest BCUT2D eigenvalue weighted by Gasteiger charge is 2.38. The van der Waals surface area contributed by atoms with Crippen molar-refractivity contribution in [1.29, 1.82) is 0 Å². The van der Waals surface area contributed by atoms with Crippen molar-refractivity contribution in [1.82, 2.24) is 4.98 Å². The molecule has 0 amide bonds. The van der Waals surface area contributed by atoms with Crippen LogP contribution in [-0.4, -0.2) is 18.1 Å². The minimum atomic E-state index is -4.76. The molecule has 0 saturated carbocycles. The van der Waals surface area contributed by atoms with E-state index in [2.05, 4.69) is 25.7 Å². The molecule has 0 unspecified atom stereocenters. The van der Waals surface area contributed by atoms with Crippen LogP contribution in [0, 0.1) is 0 Å². The van der Waals surface area contributed by atoms with Gasteiger partial charge in [-0.2, -0.15) is 13.2 Å². The second-order valence-corrected chi connectivity index (χ2v) is 5.49. The van der Waals surface area contributed by atoms with Crippen LogP contribution in [0.3, 0.4) is 0 Å². The van der Waals surface area contributed by atoms with Crippen molar-refractivity contribution in [3.63, 3.8) is 0 Å². The standard InChI is InChI=1S/C14H8BrClF3NO2/c1-22-13(21)11-9(14(17,18)19)6-10(20-12(11)16)7-2-4-8(15)5-3-7/h2-6H,1H3. The molecule has 0 fully saturated rings. The second kappa shape index (κ2) is 6.26. The van der Waals surface area contributed by atoms with Gasteiger partial charge in [0.25, 0.3) is 0 Å². The first-order chi connectivity index (χ1) is 10.2. The number of rotatable bonds is 2. The summed E-state index contributed by atoms with van der Waals surface area (Å²) in [6, 6.07) is 7.27. The third-order valence-electron chi connectivity index (χ3n) is 2.81. The maximum Gasteiger partial charge on any atom is 0.417 e. The van der Waals surface area contributed by atoms with Gasteiger partial charge in [-0.1, -0.05) is 39.7 Å². The summed E-state index contributed by atoms with van der Waals surface area (Å²) in [6.45, 7) is 0. The number of ether oxygens (including phenoxy) is 1. The predicted molar refractivity (Wildman–Crippen MR) is 78.7 cm³/mol. The van der Waals surface area contributed by atoms with Gasteiger partial charge in [0.15, 0.2) is 0 Å². The Bertz CT molecular complexity index is 717. The molecule has 1 aromatic heterocycles. The number of methoxy groups -OCH3 is 1. The molecule has 0 aliphatic heterocycles. The van der Waals surface area contributed by atoms with E-state index in [-0.39, 0.29) is 5.69 Å². The number of aromatic nitrogens is 1. The van der Waals surface area contributed by atoms with E-state index >= 15 is 0 Å². The third-order valence-corrected chi connectivity index (χ3v) is 3.61. The van der Waals surface area contributed by atoms with E-state index in [1.165, 1.54) is 0 Å². The fourth-order valence-electron chi connectivity index (χ4n) is 1.80. The molecule has 3 nitrogen and oxygen atoms in total. The number of benzene rings is 1. The lowest BCUT2D eigenvalue weighted by Gasteiger charge is -2.14.